The molecule has 2 aromatic rings. The lowest BCUT2D eigenvalue weighted by atomic mass is 10.0. The highest BCUT2D eigenvalue weighted by Crippen LogP contribution is 2.31. The summed E-state index contributed by atoms with van der Waals surface area (Å²) < 4.78 is 14.9. The Morgan fingerprint density at radius 1 is 1.40 bits per heavy atom. The number of aliphatic hydroxyl groups excluding tert-OH is 1. The molecule has 134 valence electrons. The Morgan fingerprint density at radius 2 is 2.12 bits per heavy atom. The smallest absolute Gasteiger partial charge is 0.276 e. The highest BCUT2D eigenvalue weighted by molar-refractivity contribution is 14.1. The number of hydrogen-bond acceptors (Lipinski definition) is 5. The van der Waals surface area contributed by atoms with Gasteiger partial charge in [0.25, 0.3) is 5.91 Å². The summed E-state index contributed by atoms with van der Waals surface area (Å²) in [4.78, 5) is 30.1. The molecule has 0 spiro atoms. The van der Waals surface area contributed by atoms with Gasteiger partial charge in [-0.05, 0) is 59.7 Å². The Morgan fingerprint density at radius 3 is 2.72 bits per heavy atom. The van der Waals surface area contributed by atoms with Crippen molar-refractivity contribution in [2.24, 2.45) is 0 Å². The van der Waals surface area contributed by atoms with Crippen LogP contribution >= 0.6 is 33.9 Å². The lowest BCUT2D eigenvalue weighted by Crippen LogP contribution is -2.26. The van der Waals surface area contributed by atoms with Crippen LogP contribution < -0.4 is 5.48 Å². The van der Waals surface area contributed by atoms with Crippen molar-refractivity contribution in [3.8, 4) is 0 Å². The summed E-state index contributed by atoms with van der Waals surface area (Å²) in [6.45, 7) is 2.83. The van der Waals surface area contributed by atoms with Crippen LogP contribution in [0.3, 0.4) is 0 Å². The van der Waals surface area contributed by atoms with E-state index in [9.17, 15) is 14.0 Å². The van der Waals surface area contributed by atoms with Crippen molar-refractivity contribution in [2.45, 2.75) is 20.3 Å². The van der Waals surface area contributed by atoms with Gasteiger partial charge in [-0.2, -0.15) is 0 Å². The highest BCUT2D eigenvalue weighted by atomic mass is 127. The molecule has 0 unspecified atom stereocenters. The van der Waals surface area contributed by atoms with Gasteiger partial charge in [0.15, 0.2) is 5.78 Å². The van der Waals surface area contributed by atoms with Crippen molar-refractivity contribution in [2.75, 3.05) is 13.2 Å². The topological polar surface area (TPSA) is 75.6 Å². The van der Waals surface area contributed by atoms with E-state index in [1.165, 1.54) is 24.3 Å². The molecule has 1 aromatic heterocycles. The van der Waals surface area contributed by atoms with E-state index in [0.29, 0.717) is 26.4 Å². The molecule has 0 radical (unpaired) electrons. The first-order valence-electron chi connectivity index (χ1n) is 7.45. The van der Waals surface area contributed by atoms with E-state index in [1.807, 2.05) is 22.6 Å². The summed E-state index contributed by atoms with van der Waals surface area (Å²) in [5.41, 5.74) is 3.55. The number of nitrogens with one attached hydrogen (secondary N) is 1. The molecule has 0 bridgehead atoms. The summed E-state index contributed by atoms with van der Waals surface area (Å²) in [5.74, 6) is -1.03. The molecule has 0 aliphatic heterocycles. The molecule has 1 aromatic carbocycles. The van der Waals surface area contributed by atoms with Crippen LogP contribution in [0.5, 0.6) is 0 Å². The number of ketones is 1. The Kier molecular flexibility index (Phi) is 7.05. The molecule has 0 aliphatic rings. The second-order valence-corrected chi connectivity index (χ2v) is 7.68. The zero-order chi connectivity index (χ0) is 18.6. The number of halogens is 2. The minimum atomic E-state index is -0.518. The summed E-state index contributed by atoms with van der Waals surface area (Å²) in [6, 6.07) is 4.88. The van der Waals surface area contributed by atoms with Gasteiger partial charge >= 0.3 is 0 Å². The second kappa shape index (κ2) is 8.84. The van der Waals surface area contributed by atoms with Crippen LogP contribution in [0, 0.1) is 16.3 Å². The second-order valence-electron chi connectivity index (χ2n) is 5.33. The van der Waals surface area contributed by atoms with Crippen LogP contribution in [-0.4, -0.2) is 30.0 Å². The summed E-state index contributed by atoms with van der Waals surface area (Å²) in [6.07, 6.45) is 0.199. The molecule has 2 rings (SSSR count). The minimum Gasteiger partial charge on any atom is -0.394 e. The van der Waals surface area contributed by atoms with E-state index in [2.05, 4.69) is 5.48 Å². The Labute approximate surface area is 162 Å². The average Bonchev–Trinajstić information content (AvgIpc) is 2.87. The van der Waals surface area contributed by atoms with Gasteiger partial charge < -0.3 is 5.11 Å². The summed E-state index contributed by atoms with van der Waals surface area (Å²) in [7, 11) is 0. The number of aliphatic hydroxyl groups is 1. The van der Waals surface area contributed by atoms with Crippen LogP contribution in [0.4, 0.5) is 4.39 Å². The third-order valence-corrected chi connectivity index (χ3v) is 5.55. The van der Waals surface area contributed by atoms with E-state index in [0.717, 1.165) is 3.57 Å². The number of hydrogen-bond donors (Lipinski definition) is 2. The van der Waals surface area contributed by atoms with Crippen LogP contribution in [0.1, 0.15) is 43.0 Å². The third-order valence-electron chi connectivity index (χ3n) is 3.49. The maximum absolute atomic E-state index is 14.2. The molecule has 8 heteroatoms. The van der Waals surface area contributed by atoms with Gasteiger partial charge in [-0.25, -0.2) is 9.87 Å². The molecule has 5 nitrogen and oxygen atoms in total. The van der Waals surface area contributed by atoms with E-state index >= 15 is 0 Å². The van der Waals surface area contributed by atoms with Gasteiger partial charge in [0.1, 0.15) is 5.82 Å². The quantitative estimate of drug-likeness (QED) is 0.278. The Balaban J connectivity index is 2.39. The molecule has 0 atom stereocenters. The lowest BCUT2D eigenvalue weighted by molar-refractivity contribution is 0.0167. The van der Waals surface area contributed by atoms with Crippen LogP contribution in [0.2, 0.25) is 0 Å². The van der Waals surface area contributed by atoms with Gasteiger partial charge in [-0.1, -0.05) is 6.07 Å². The molecule has 1 heterocycles. The number of carbonyl (C=O) groups excluding carboxylic acids is 2. The largest absolute Gasteiger partial charge is 0.394 e. The minimum absolute atomic E-state index is 0.0461. The van der Waals surface area contributed by atoms with Gasteiger partial charge in [-0.15, -0.1) is 11.3 Å². The van der Waals surface area contributed by atoms with E-state index in [-0.39, 0.29) is 31.2 Å². The molecular formula is C17H17FINO4S. The predicted octanol–water partition coefficient (Wildman–Crippen LogP) is 3.25. The van der Waals surface area contributed by atoms with Crippen molar-refractivity contribution in [1.29, 1.82) is 0 Å². The van der Waals surface area contributed by atoms with Gasteiger partial charge in [0.2, 0.25) is 0 Å². The summed E-state index contributed by atoms with van der Waals surface area (Å²) in [5, 5.41) is 8.72. The number of thiophene rings is 1. The average molecular weight is 477 g/mol. The van der Waals surface area contributed by atoms with Crippen LogP contribution in [0.15, 0.2) is 18.2 Å². The maximum atomic E-state index is 14.2. The zero-order valence-corrected chi connectivity index (χ0v) is 16.7. The zero-order valence-electron chi connectivity index (χ0n) is 13.7. The van der Waals surface area contributed by atoms with Gasteiger partial charge in [-0.3, -0.25) is 14.4 Å². The first kappa shape index (κ1) is 20.0. The number of hydroxylamine groups is 1. The normalized spacial score (nSPS) is 10.8. The standard InChI is InChI=1S/C17H17FINO4S/c1-9-15(17(23)20-24-6-5-21)14(25-16(9)10(2)22)7-11-3-4-12(19)8-13(11)18/h3-4,8,21H,5-7H2,1-2H3,(H,20,23). The van der Waals surface area contributed by atoms with Gasteiger partial charge in [0, 0.05) is 14.9 Å². The fraction of sp³-hybridized carbons (Fsp3) is 0.294. The molecule has 0 fully saturated rings. The monoisotopic (exact) mass is 477 g/mol. The number of Topliss-reactive ketones (excluding diaryl/α,β-unsaturated/α-hetero) is 1. The van der Waals surface area contributed by atoms with Crippen molar-refractivity contribution in [3.05, 3.63) is 54.0 Å². The molecule has 2 N–H and O–H groups in total. The highest BCUT2D eigenvalue weighted by Gasteiger charge is 2.24. The van der Waals surface area contributed by atoms with Crippen molar-refractivity contribution in [1.82, 2.24) is 5.48 Å². The SMILES string of the molecule is CC(=O)c1sc(Cc2ccc(I)cc2F)c(C(=O)NOCCO)c1C. The Bertz CT molecular complexity index is 806. The molecule has 25 heavy (non-hydrogen) atoms. The lowest BCUT2D eigenvalue weighted by Gasteiger charge is -2.08. The fourth-order valence-corrected chi connectivity index (χ4v) is 4.06. The molecule has 1 amide bonds. The maximum Gasteiger partial charge on any atom is 0.276 e. The first-order chi connectivity index (χ1) is 11.8. The Hall–Kier alpha value is -1.36. The number of carbonyl (C=O) groups is 2. The molecule has 0 saturated carbocycles. The number of benzene rings is 1. The summed E-state index contributed by atoms with van der Waals surface area (Å²) >= 11 is 3.21. The van der Waals surface area contributed by atoms with E-state index in [4.69, 9.17) is 9.94 Å². The van der Waals surface area contributed by atoms with Crippen molar-refractivity contribution in [3.63, 3.8) is 0 Å². The van der Waals surface area contributed by atoms with E-state index < -0.39 is 5.91 Å². The first-order valence-corrected chi connectivity index (χ1v) is 9.34. The predicted molar refractivity (Wildman–Crippen MR) is 101 cm³/mol. The van der Waals surface area contributed by atoms with Crippen LogP contribution in [0.25, 0.3) is 0 Å². The molecule has 0 aliphatic carbocycles. The third kappa shape index (κ3) is 4.84. The molecular weight excluding hydrogens is 460 g/mol. The van der Waals surface area contributed by atoms with E-state index in [1.54, 1.807) is 19.1 Å². The fourth-order valence-electron chi connectivity index (χ4n) is 2.38. The van der Waals surface area contributed by atoms with Crippen LogP contribution in [-0.2, 0) is 11.3 Å². The number of rotatable bonds is 7. The van der Waals surface area contributed by atoms with Crippen molar-refractivity contribution < 1.29 is 23.9 Å². The van der Waals surface area contributed by atoms with Crippen molar-refractivity contribution >= 4 is 45.6 Å². The molecule has 0 saturated heterocycles. The van der Waals surface area contributed by atoms with Gasteiger partial charge in [0.05, 0.1) is 23.7 Å². The number of amides is 1.